The molecule has 0 bridgehead atoms. The highest BCUT2D eigenvalue weighted by atomic mass is 32.2. The predicted molar refractivity (Wildman–Crippen MR) is 73.9 cm³/mol. The van der Waals surface area contributed by atoms with Crippen LogP contribution in [0.15, 0.2) is 17.2 Å². The van der Waals surface area contributed by atoms with Gasteiger partial charge in [-0.15, -0.1) is 16.9 Å². The van der Waals surface area contributed by atoms with Gasteiger partial charge in [0.15, 0.2) is 11.3 Å². The number of anilines is 1. The van der Waals surface area contributed by atoms with Crippen molar-refractivity contribution in [2.45, 2.75) is 16.8 Å². The average Bonchev–Trinajstić information content (AvgIpc) is 3.01. The molecule has 0 fully saturated rings. The lowest BCUT2D eigenvalue weighted by atomic mass is 10.3. The quantitative estimate of drug-likeness (QED) is 0.713. The lowest BCUT2D eigenvalue weighted by Crippen LogP contribution is -2.09. The minimum absolute atomic E-state index is 0.0775. The van der Waals surface area contributed by atoms with Crippen molar-refractivity contribution >= 4 is 28.7 Å². The number of nitrogens with one attached hydrogen (secondary N) is 1. The van der Waals surface area contributed by atoms with Crippen LogP contribution in [0.2, 0.25) is 0 Å². The number of fused-ring (bicyclic) bond motifs is 1. The van der Waals surface area contributed by atoms with Gasteiger partial charge in [0.1, 0.15) is 11.3 Å². The Morgan fingerprint density at radius 3 is 2.91 bits per heavy atom. The maximum atomic E-state index is 12.9. The maximum absolute atomic E-state index is 12.9. The SMILES string of the molecule is Cn1cc(CSc2cc(N)nc3[nH]nnc23)c(C(F)(F)F)n1. The van der Waals surface area contributed by atoms with Crippen molar-refractivity contribution in [2.24, 2.45) is 7.05 Å². The van der Waals surface area contributed by atoms with Gasteiger partial charge in [-0.2, -0.15) is 18.3 Å². The summed E-state index contributed by atoms with van der Waals surface area (Å²) in [7, 11) is 1.45. The molecule has 22 heavy (non-hydrogen) atoms. The molecule has 0 radical (unpaired) electrons. The number of nitrogen functional groups attached to an aromatic ring is 1. The summed E-state index contributed by atoms with van der Waals surface area (Å²) >= 11 is 1.17. The number of alkyl halides is 3. The molecular formula is C11H10F3N7S. The van der Waals surface area contributed by atoms with E-state index in [4.69, 9.17) is 5.73 Å². The van der Waals surface area contributed by atoms with Crippen LogP contribution in [0.4, 0.5) is 19.0 Å². The number of hydrogen-bond donors (Lipinski definition) is 2. The highest BCUT2D eigenvalue weighted by Gasteiger charge is 2.36. The molecule has 0 unspecified atom stereocenters. The highest BCUT2D eigenvalue weighted by molar-refractivity contribution is 7.98. The molecule has 3 heterocycles. The fourth-order valence-electron chi connectivity index (χ4n) is 1.98. The number of rotatable bonds is 3. The summed E-state index contributed by atoms with van der Waals surface area (Å²) in [5, 5.41) is 13.5. The minimum Gasteiger partial charge on any atom is -0.384 e. The molecular weight excluding hydrogens is 319 g/mol. The zero-order chi connectivity index (χ0) is 15.9. The number of H-pyrrole nitrogens is 1. The number of nitrogens with zero attached hydrogens (tertiary/aromatic N) is 5. The minimum atomic E-state index is -4.49. The van der Waals surface area contributed by atoms with Crippen LogP contribution in [-0.2, 0) is 19.0 Å². The predicted octanol–water partition coefficient (Wildman–Crippen LogP) is 1.98. The summed E-state index contributed by atoms with van der Waals surface area (Å²) in [4.78, 5) is 4.60. The monoisotopic (exact) mass is 329 g/mol. The summed E-state index contributed by atoms with van der Waals surface area (Å²) in [6.07, 6.45) is -3.14. The third-order valence-electron chi connectivity index (χ3n) is 2.84. The van der Waals surface area contributed by atoms with E-state index >= 15 is 0 Å². The molecule has 11 heteroatoms. The third kappa shape index (κ3) is 2.71. The number of thioether (sulfide) groups is 1. The van der Waals surface area contributed by atoms with Gasteiger partial charge < -0.3 is 5.73 Å². The Balaban J connectivity index is 1.90. The first-order valence-electron chi connectivity index (χ1n) is 6.04. The zero-order valence-electron chi connectivity index (χ0n) is 11.2. The summed E-state index contributed by atoms with van der Waals surface area (Å²) in [5.74, 6) is 0.317. The van der Waals surface area contributed by atoms with Gasteiger partial charge in [0.25, 0.3) is 0 Å². The molecule has 116 valence electrons. The van der Waals surface area contributed by atoms with Gasteiger partial charge in [-0.1, -0.05) is 5.21 Å². The number of aromatic nitrogens is 6. The maximum Gasteiger partial charge on any atom is 0.435 e. The van der Waals surface area contributed by atoms with Crippen molar-refractivity contribution in [3.05, 3.63) is 23.5 Å². The Morgan fingerprint density at radius 2 is 2.18 bits per heavy atom. The summed E-state index contributed by atoms with van der Waals surface area (Å²) in [5.41, 5.74) is 5.72. The van der Waals surface area contributed by atoms with E-state index in [1.807, 2.05) is 0 Å². The first kappa shape index (κ1) is 14.6. The van der Waals surface area contributed by atoms with Crippen molar-refractivity contribution in [1.29, 1.82) is 0 Å². The Morgan fingerprint density at radius 1 is 1.41 bits per heavy atom. The van der Waals surface area contributed by atoms with Crippen molar-refractivity contribution in [2.75, 3.05) is 5.73 Å². The first-order chi connectivity index (χ1) is 10.3. The molecule has 0 saturated carbocycles. The van der Waals surface area contributed by atoms with E-state index in [2.05, 4.69) is 25.5 Å². The van der Waals surface area contributed by atoms with Crippen LogP contribution < -0.4 is 5.73 Å². The second-order valence-electron chi connectivity index (χ2n) is 4.52. The third-order valence-corrected chi connectivity index (χ3v) is 3.92. The molecule has 7 nitrogen and oxygen atoms in total. The standard InChI is InChI=1S/C11H10F3N7S/c1-21-3-5(9(19-21)11(12,13)14)4-22-6-2-7(15)16-10-8(6)17-20-18-10/h2-3H,4H2,1H3,(H3,15,16,17,18,20). The Bertz CT molecular complexity index is 823. The van der Waals surface area contributed by atoms with Crippen molar-refractivity contribution < 1.29 is 13.2 Å². The van der Waals surface area contributed by atoms with Gasteiger partial charge >= 0.3 is 6.18 Å². The number of halogens is 3. The molecule has 0 amide bonds. The van der Waals surface area contributed by atoms with E-state index in [9.17, 15) is 13.2 Å². The fourth-order valence-corrected chi connectivity index (χ4v) is 2.98. The van der Waals surface area contributed by atoms with E-state index < -0.39 is 11.9 Å². The number of hydrogen-bond acceptors (Lipinski definition) is 6. The first-order valence-corrected chi connectivity index (χ1v) is 7.03. The molecule has 3 N–H and O–H groups in total. The largest absolute Gasteiger partial charge is 0.435 e. The van der Waals surface area contributed by atoms with Crippen molar-refractivity contribution in [3.8, 4) is 0 Å². The normalized spacial score (nSPS) is 12.2. The fraction of sp³-hybridized carbons (Fsp3) is 0.273. The Kier molecular flexibility index (Phi) is 3.43. The summed E-state index contributed by atoms with van der Waals surface area (Å²) < 4.78 is 39.9. The number of pyridine rings is 1. The van der Waals surface area contributed by atoms with Gasteiger partial charge in [-0.25, -0.2) is 10.1 Å². The number of nitrogens with two attached hydrogens (primary N) is 1. The summed E-state index contributed by atoms with van der Waals surface area (Å²) in [6.45, 7) is 0. The molecule has 3 aromatic rings. The second-order valence-corrected chi connectivity index (χ2v) is 5.53. The molecule has 0 spiro atoms. The lowest BCUT2D eigenvalue weighted by Gasteiger charge is -2.06. The van der Waals surface area contributed by atoms with Gasteiger partial charge in [-0.3, -0.25) is 4.68 Å². The summed E-state index contributed by atoms with van der Waals surface area (Å²) in [6, 6.07) is 1.55. The zero-order valence-corrected chi connectivity index (χ0v) is 12.0. The van der Waals surface area contributed by atoms with Gasteiger partial charge in [0.05, 0.1) is 0 Å². The van der Waals surface area contributed by atoms with Crippen molar-refractivity contribution in [3.63, 3.8) is 0 Å². The van der Waals surface area contributed by atoms with Crippen LogP contribution in [0.1, 0.15) is 11.3 Å². The average molecular weight is 329 g/mol. The van der Waals surface area contributed by atoms with Crippen LogP contribution in [0.5, 0.6) is 0 Å². The molecule has 0 aliphatic rings. The van der Waals surface area contributed by atoms with E-state index in [0.717, 1.165) is 4.68 Å². The molecule has 3 aromatic heterocycles. The van der Waals surface area contributed by atoms with E-state index in [-0.39, 0.29) is 17.1 Å². The van der Waals surface area contributed by atoms with E-state index in [1.165, 1.54) is 25.0 Å². The Hall–Kier alpha value is -2.30. The smallest absolute Gasteiger partial charge is 0.384 e. The Labute approximate surface area is 126 Å². The van der Waals surface area contributed by atoms with E-state index in [0.29, 0.717) is 16.1 Å². The van der Waals surface area contributed by atoms with Gasteiger partial charge in [-0.05, 0) is 6.07 Å². The van der Waals surface area contributed by atoms with Crippen LogP contribution in [0.25, 0.3) is 11.2 Å². The number of aromatic amines is 1. The molecule has 0 aromatic carbocycles. The van der Waals surface area contributed by atoms with Crippen LogP contribution in [-0.4, -0.2) is 30.2 Å². The van der Waals surface area contributed by atoms with Crippen molar-refractivity contribution in [1.82, 2.24) is 30.2 Å². The lowest BCUT2D eigenvalue weighted by molar-refractivity contribution is -0.141. The molecule has 0 atom stereocenters. The second kappa shape index (κ2) is 5.16. The van der Waals surface area contributed by atoms with E-state index in [1.54, 1.807) is 6.07 Å². The van der Waals surface area contributed by atoms with Crippen LogP contribution in [0.3, 0.4) is 0 Å². The van der Waals surface area contributed by atoms with Gasteiger partial charge in [0, 0.05) is 29.5 Å². The van der Waals surface area contributed by atoms with Gasteiger partial charge in [0.2, 0.25) is 0 Å². The van der Waals surface area contributed by atoms with Crippen LogP contribution in [0, 0.1) is 0 Å². The highest BCUT2D eigenvalue weighted by Crippen LogP contribution is 2.35. The number of aryl methyl sites for hydroxylation is 1. The molecule has 0 saturated heterocycles. The molecule has 0 aliphatic heterocycles. The molecule has 3 rings (SSSR count). The molecule has 0 aliphatic carbocycles. The van der Waals surface area contributed by atoms with Crippen LogP contribution >= 0.6 is 11.8 Å². The topological polar surface area (TPSA) is 98.3 Å².